The maximum atomic E-state index is 11.9. The van der Waals surface area contributed by atoms with Crippen LogP contribution >= 0.6 is 0 Å². The largest absolute Gasteiger partial charge is 0.497 e. The first-order valence-electron chi connectivity index (χ1n) is 6.56. The van der Waals surface area contributed by atoms with E-state index in [-0.39, 0.29) is 5.97 Å². The molecule has 0 spiro atoms. The summed E-state index contributed by atoms with van der Waals surface area (Å²) < 4.78 is 10.2. The summed E-state index contributed by atoms with van der Waals surface area (Å²) in [7, 11) is 1.64. The monoisotopic (exact) mass is 265 g/mol. The Morgan fingerprint density at radius 1 is 1.32 bits per heavy atom. The van der Waals surface area contributed by atoms with E-state index in [0.717, 1.165) is 17.7 Å². The zero-order valence-electron chi connectivity index (χ0n) is 11.9. The summed E-state index contributed by atoms with van der Waals surface area (Å²) in [4.78, 5) is 11.9. The normalized spacial score (nSPS) is 13.7. The molecule has 1 atom stereocenters. The Hall–Kier alpha value is -1.55. The minimum Gasteiger partial charge on any atom is -0.497 e. The van der Waals surface area contributed by atoms with Gasteiger partial charge in [0.2, 0.25) is 0 Å². The molecular weight excluding hydrogens is 242 g/mol. The van der Waals surface area contributed by atoms with Crippen LogP contribution in [-0.2, 0) is 16.0 Å². The zero-order valence-corrected chi connectivity index (χ0v) is 11.9. The average molecular weight is 265 g/mol. The summed E-state index contributed by atoms with van der Waals surface area (Å²) in [6.07, 6.45) is 1.46. The molecule has 1 aromatic rings. The minimum absolute atomic E-state index is 0.217. The van der Waals surface area contributed by atoms with Crippen molar-refractivity contribution in [3.63, 3.8) is 0 Å². The molecule has 0 heterocycles. The van der Waals surface area contributed by atoms with E-state index >= 15 is 0 Å². The quantitative estimate of drug-likeness (QED) is 0.767. The highest BCUT2D eigenvalue weighted by Crippen LogP contribution is 2.25. The molecule has 0 fully saturated rings. The Bertz CT molecular complexity index is 402. The maximum Gasteiger partial charge on any atom is 0.313 e. The van der Waals surface area contributed by atoms with Crippen molar-refractivity contribution in [3.05, 3.63) is 29.8 Å². The van der Waals surface area contributed by atoms with E-state index < -0.39 is 5.41 Å². The fraction of sp³-hybridized carbons (Fsp3) is 0.533. The van der Waals surface area contributed by atoms with Gasteiger partial charge in [-0.3, -0.25) is 4.79 Å². The number of carbonyl (C=O) groups excluding carboxylic acids is 1. The summed E-state index contributed by atoms with van der Waals surface area (Å²) in [5.74, 6) is 0.613. The molecular formula is C15H23NO3. The number of rotatable bonds is 7. The van der Waals surface area contributed by atoms with Gasteiger partial charge in [0.15, 0.2) is 0 Å². The Balaban J connectivity index is 2.63. The molecule has 0 aliphatic rings. The van der Waals surface area contributed by atoms with Gasteiger partial charge in [0.05, 0.1) is 19.1 Å². The average Bonchev–Trinajstić information content (AvgIpc) is 2.45. The lowest BCUT2D eigenvalue weighted by molar-refractivity contribution is -0.154. The van der Waals surface area contributed by atoms with Gasteiger partial charge >= 0.3 is 5.97 Å². The molecule has 0 bridgehead atoms. The summed E-state index contributed by atoms with van der Waals surface area (Å²) in [5.41, 5.74) is 6.27. The third-order valence-corrected chi connectivity index (χ3v) is 3.34. The van der Waals surface area contributed by atoms with E-state index in [1.807, 2.05) is 31.2 Å². The lowest BCUT2D eigenvalue weighted by atomic mass is 9.84. The first-order valence-corrected chi connectivity index (χ1v) is 6.56. The molecule has 0 aliphatic carbocycles. The number of esters is 1. The molecule has 0 saturated heterocycles. The zero-order chi connectivity index (χ0) is 14.3. The van der Waals surface area contributed by atoms with Gasteiger partial charge in [0.25, 0.3) is 0 Å². The summed E-state index contributed by atoms with van der Waals surface area (Å²) in [6.45, 7) is 4.34. The van der Waals surface area contributed by atoms with Gasteiger partial charge in [0.1, 0.15) is 5.75 Å². The molecule has 2 N–H and O–H groups in total. The molecule has 0 aromatic heterocycles. The fourth-order valence-corrected chi connectivity index (χ4v) is 1.81. The number of hydrogen-bond donors (Lipinski definition) is 1. The number of aryl methyl sites for hydroxylation is 1. The first kappa shape index (κ1) is 15.5. The van der Waals surface area contributed by atoms with Gasteiger partial charge in [-0.2, -0.15) is 0 Å². The minimum atomic E-state index is -0.615. The van der Waals surface area contributed by atoms with Crippen molar-refractivity contribution >= 4 is 5.97 Å². The van der Waals surface area contributed by atoms with Gasteiger partial charge in [-0.15, -0.1) is 0 Å². The van der Waals surface area contributed by atoms with Gasteiger partial charge in [-0.1, -0.05) is 12.1 Å². The van der Waals surface area contributed by atoms with E-state index in [4.69, 9.17) is 15.2 Å². The van der Waals surface area contributed by atoms with E-state index in [1.54, 1.807) is 14.0 Å². The van der Waals surface area contributed by atoms with Gasteiger partial charge in [-0.25, -0.2) is 0 Å². The lowest BCUT2D eigenvalue weighted by Gasteiger charge is -2.25. The maximum absolute atomic E-state index is 11.9. The van der Waals surface area contributed by atoms with Crippen LogP contribution in [0.15, 0.2) is 24.3 Å². The molecule has 1 aromatic carbocycles. The van der Waals surface area contributed by atoms with Crippen LogP contribution in [0.5, 0.6) is 5.75 Å². The molecule has 0 radical (unpaired) electrons. The van der Waals surface area contributed by atoms with Crippen molar-refractivity contribution in [2.75, 3.05) is 20.3 Å². The van der Waals surface area contributed by atoms with Crippen molar-refractivity contribution in [3.8, 4) is 5.75 Å². The number of methoxy groups -OCH3 is 1. The standard InChI is InChI=1S/C15H23NO3/c1-4-19-14(17)15(2,11-16)10-9-12-5-7-13(18-3)8-6-12/h5-8H,4,9-11,16H2,1-3H3. The molecule has 0 aliphatic heterocycles. The SMILES string of the molecule is CCOC(=O)C(C)(CN)CCc1ccc(OC)cc1. The van der Waals surface area contributed by atoms with Crippen molar-refractivity contribution in [1.82, 2.24) is 0 Å². The third kappa shape index (κ3) is 4.24. The summed E-state index contributed by atoms with van der Waals surface area (Å²) in [6, 6.07) is 7.83. The van der Waals surface area contributed by atoms with Crippen molar-refractivity contribution in [1.29, 1.82) is 0 Å². The molecule has 19 heavy (non-hydrogen) atoms. The molecule has 0 amide bonds. The Kier molecular flexibility index (Phi) is 5.83. The van der Waals surface area contributed by atoms with Crippen LogP contribution in [0.2, 0.25) is 0 Å². The third-order valence-electron chi connectivity index (χ3n) is 3.34. The predicted octanol–water partition coefficient (Wildman–Crippen LogP) is 2.16. The summed E-state index contributed by atoms with van der Waals surface area (Å²) >= 11 is 0. The Morgan fingerprint density at radius 3 is 2.42 bits per heavy atom. The molecule has 0 saturated carbocycles. The number of benzene rings is 1. The Labute approximate surface area is 114 Å². The van der Waals surface area contributed by atoms with Crippen LogP contribution in [0, 0.1) is 5.41 Å². The molecule has 1 rings (SSSR count). The molecule has 4 nitrogen and oxygen atoms in total. The predicted molar refractivity (Wildman–Crippen MR) is 75.1 cm³/mol. The smallest absolute Gasteiger partial charge is 0.313 e. The summed E-state index contributed by atoms with van der Waals surface area (Å²) in [5, 5.41) is 0. The second kappa shape index (κ2) is 7.14. The van der Waals surface area contributed by atoms with E-state index in [2.05, 4.69) is 0 Å². The van der Waals surface area contributed by atoms with E-state index in [1.165, 1.54) is 0 Å². The van der Waals surface area contributed by atoms with Gasteiger partial charge in [-0.05, 0) is 44.4 Å². The van der Waals surface area contributed by atoms with Crippen LogP contribution in [0.3, 0.4) is 0 Å². The number of nitrogens with two attached hydrogens (primary N) is 1. The second-order valence-corrected chi connectivity index (χ2v) is 4.83. The van der Waals surface area contributed by atoms with E-state index in [0.29, 0.717) is 19.6 Å². The Morgan fingerprint density at radius 2 is 1.95 bits per heavy atom. The number of hydrogen-bond acceptors (Lipinski definition) is 4. The van der Waals surface area contributed by atoms with Crippen molar-refractivity contribution in [2.24, 2.45) is 11.1 Å². The highest BCUT2D eigenvalue weighted by atomic mass is 16.5. The first-order chi connectivity index (χ1) is 9.05. The van der Waals surface area contributed by atoms with Gasteiger partial charge < -0.3 is 15.2 Å². The molecule has 4 heteroatoms. The molecule has 106 valence electrons. The highest BCUT2D eigenvalue weighted by molar-refractivity contribution is 5.76. The topological polar surface area (TPSA) is 61.5 Å². The van der Waals surface area contributed by atoms with E-state index in [9.17, 15) is 4.79 Å². The lowest BCUT2D eigenvalue weighted by Crippen LogP contribution is -2.37. The van der Waals surface area contributed by atoms with Crippen LogP contribution in [-0.4, -0.2) is 26.2 Å². The van der Waals surface area contributed by atoms with Crippen molar-refractivity contribution < 1.29 is 14.3 Å². The second-order valence-electron chi connectivity index (χ2n) is 4.83. The van der Waals surface area contributed by atoms with Crippen LogP contribution in [0.25, 0.3) is 0 Å². The fourth-order valence-electron chi connectivity index (χ4n) is 1.81. The van der Waals surface area contributed by atoms with Crippen molar-refractivity contribution in [2.45, 2.75) is 26.7 Å². The van der Waals surface area contributed by atoms with Crippen LogP contribution in [0.1, 0.15) is 25.8 Å². The van der Waals surface area contributed by atoms with Gasteiger partial charge in [0, 0.05) is 6.54 Å². The number of ether oxygens (including phenoxy) is 2. The van der Waals surface area contributed by atoms with Crippen LogP contribution in [0.4, 0.5) is 0 Å². The highest BCUT2D eigenvalue weighted by Gasteiger charge is 2.32. The molecule has 1 unspecified atom stereocenters. The number of carbonyl (C=O) groups is 1. The van der Waals surface area contributed by atoms with Crippen LogP contribution < -0.4 is 10.5 Å².